The van der Waals surface area contributed by atoms with E-state index in [0.717, 1.165) is 52.0 Å². The molecule has 0 bridgehead atoms. The van der Waals surface area contributed by atoms with Crippen molar-refractivity contribution in [3.63, 3.8) is 0 Å². The maximum absolute atomic E-state index is 12.8. The van der Waals surface area contributed by atoms with Gasteiger partial charge in [-0.3, -0.25) is 0 Å². The minimum Gasteiger partial charge on any atom is -0.392 e. The fourth-order valence-electron chi connectivity index (χ4n) is 7.06. The molecule has 10 heteroatoms. The fourth-order valence-corrected chi connectivity index (χ4v) is 8.23. The lowest BCUT2D eigenvalue weighted by molar-refractivity contribution is -0.253. The summed E-state index contributed by atoms with van der Waals surface area (Å²) in [7, 11) is -3.64. The summed E-state index contributed by atoms with van der Waals surface area (Å²) in [5.41, 5.74) is 5.49. The zero-order valence-electron chi connectivity index (χ0n) is 28.8. The summed E-state index contributed by atoms with van der Waals surface area (Å²) in [6, 6.07) is 39.6. The first-order valence-corrected chi connectivity index (χ1v) is 19.5. The molecule has 0 aliphatic carbocycles. The van der Waals surface area contributed by atoms with E-state index in [1.807, 2.05) is 91.0 Å². The van der Waals surface area contributed by atoms with Crippen LogP contribution in [0.2, 0.25) is 5.02 Å². The van der Waals surface area contributed by atoms with Crippen LogP contribution >= 0.6 is 11.6 Å². The summed E-state index contributed by atoms with van der Waals surface area (Å²) < 4.78 is 41.7. The van der Waals surface area contributed by atoms with Crippen LogP contribution in [0.1, 0.15) is 59.5 Å². The van der Waals surface area contributed by atoms with Crippen molar-refractivity contribution >= 4 is 21.6 Å². The highest BCUT2D eigenvalue weighted by atomic mass is 35.5. The second-order valence-electron chi connectivity index (χ2n) is 13.7. The third-order valence-corrected chi connectivity index (χ3v) is 11.7. The molecule has 0 amide bonds. The Morgan fingerprint density at radius 3 is 2.17 bits per heavy atom. The fraction of sp³-hybridized carbons (Fsp3) is 0.286. The third kappa shape index (κ3) is 8.65. The average molecular weight is 739 g/mol. The zero-order chi connectivity index (χ0) is 36.1. The highest BCUT2D eigenvalue weighted by Crippen LogP contribution is 2.40. The largest absolute Gasteiger partial charge is 0.392 e. The lowest BCUT2D eigenvalue weighted by Gasteiger charge is -2.42. The number of aliphatic hydroxyl groups is 2. The standard InChI is InChI=1S/C42H43ClN2O6S/c43-37-18-16-36(17-19-37)42(47)20-22-45(23-21-42)28-38-26-40(32-14-12-30(29-46)13-15-32)51-41(50-38)35-9-5-8-34(25-35)33-7-4-6-31(24-33)27-44-52(48,49)39-10-2-1-3-11-39/h1-19,24-25,38,40-41,44,46-47H,20-23,26-29H2/t38-,40+,41+/m1/s1. The normalized spacial score (nSPS) is 20.8. The van der Waals surface area contributed by atoms with Crippen molar-refractivity contribution in [2.45, 2.75) is 61.4 Å². The van der Waals surface area contributed by atoms with E-state index in [4.69, 9.17) is 21.1 Å². The average Bonchev–Trinajstić information content (AvgIpc) is 3.19. The lowest BCUT2D eigenvalue weighted by atomic mass is 9.84. The second kappa shape index (κ2) is 16.0. The summed E-state index contributed by atoms with van der Waals surface area (Å²) in [4.78, 5) is 2.59. The van der Waals surface area contributed by atoms with Gasteiger partial charge >= 0.3 is 0 Å². The molecule has 7 rings (SSSR count). The highest BCUT2D eigenvalue weighted by molar-refractivity contribution is 7.89. The van der Waals surface area contributed by atoms with E-state index in [1.165, 1.54) is 0 Å². The number of ether oxygens (including phenoxy) is 2. The van der Waals surface area contributed by atoms with Crippen LogP contribution < -0.4 is 4.72 Å². The number of nitrogens with zero attached hydrogens (tertiary/aromatic N) is 1. The molecule has 2 saturated heterocycles. The molecule has 2 fully saturated rings. The van der Waals surface area contributed by atoms with Crippen LogP contribution in [0.3, 0.4) is 0 Å². The molecular weight excluding hydrogens is 696 g/mol. The van der Waals surface area contributed by atoms with E-state index < -0.39 is 21.9 Å². The number of halogens is 1. The van der Waals surface area contributed by atoms with E-state index in [0.29, 0.717) is 30.8 Å². The van der Waals surface area contributed by atoms with Crippen LogP contribution in [0.15, 0.2) is 132 Å². The van der Waals surface area contributed by atoms with Gasteiger partial charge in [0.15, 0.2) is 6.29 Å². The highest BCUT2D eigenvalue weighted by Gasteiger charge is 2.37. The Hall–Kier alpha value is -3.90. The van der Waals surface area contributed by atoms with Gasteiger partial charge in [0, 0.05) is 43.2 Å². The molecule has 2 heterocycles. The van der Waals surface area contributed by atoms with E-state index >= 15 is 0 Å². The van der Waals surface area contributed by atoms with E-state index in [9.17, 15) is 18.6 Å². The molecule has 5 aromatic rings. The molecule has 3 N–H and O–H groups in total. The van der Waals surface area contributed by atoms with Crippen LogP contribution in [0.25, 0.3) is 11.1 Å². The topological polar surface area (TPSA) is 108 Å². The van der Waals surface area contributed by atoms with Crippen molar-refractivity contribution in [3.8, 4) is 11.1 Å². The Balaban J connectivity index is 1.07. The summed E-state index contributed by atoms with van der Waals surface area (Å²) in [5.74, 6) is 0. The van der Waals surface area contributed by atoms with Crippen LogP contribution in [0.4, 0.5) is 0 Å². The van der Waals surface area contributed by atoms with Crippen LogP contribution in [-0.2, 0) is 38.2 Å². The zero-order valence-corrected chi connectivity index (χ0v) is 30.3. The van der Waals surface area contributed by atoms with Crippen LogP contribution in [-0.4, -0.2) is 49.3 Å². The Labute approximate surface area is 310 Å². The van der Waals surface area contributed by atoms with Gasteiger partial charge in [0.2, 0.25) is 10.0 Å². The number of hydrogen-bond donors (Lipinski definition) is 3. The number of benzene rings is 5. The summed E-state index contributed by atoms with van der Waals surface area (Å²) >= 11 is 6.10. The molecular formula is C42H43ClN2O6S. The molecule has 270 valence electrons. The predicted molar refractivity (Wildman–Crippen MR) is 202 cm³/mol. The van der Waals surface area contributed by atoms with Gasteiger partial charge in [0.1, 0.15) is 0 Å². The first-order valence-electron chi connectivity index (χ1n) is 17.6. The SMILES string of the molecule is O=S(=O)(NCc1cccc(-c2cccc([C@H]3O[C@@H](CN4CCC(O)(c5ccc(Cl)cc5)CC4)C[C@@H](c4ccc(CO)cc4)O3)c2)c1)c1ccccc1. The first-order chi connectivity index (χ1) is 25.2. The van der Waals surface area contributed by atoms with Crippen molar-refractivity contribution < 1.29 is 28.1 Å². The molecule has 5 aromatic carbocycles. The molecule has 8 nitrogen and oxygen atoms in total. The maximum atomic E-state index is 12.8. The van der Waals surface area contributed by atoms with Gasteiger partial charge < -0.3 is 24.6 Å². The minimum absolute atomic E-state index is 0.0234. The maximum Gasteiger partial charge on any atom is 0.240 e. The number of piperidine rings is 1. The molecule has 2 aliphatic heterocycles. The van der Waals surface area contributed by atoms with E-state index in [1.54, 1.807) is 30.3 Å². The van der Waals surface area contributed by atoms with Crippen molar-refractivity contribution in [3.05, 3.63) is 160 Å². The van der Waals surface area contributed by atoms with E-state index in [-0.39, 0.29) is 30.3 Å². The van der Waals surface area contributed by atoms with Crippen molar-refractivity contribution in [2.75, 3.05) is 19.6 Å². The second-order valence-corrected chi connectivity index (χ2v) is 15.9. The number of rotatable bonds is 11. The monoisotopic (exact) mass is 738 g/mol. The number of aliphatic hydroxyl groups excluding tert-OH is 1. The third-order valence-electron chi connectivity index (χ3n) is 10.1. The molecule has 0 aromatic heterocycles. The minimum atomic E-state index is -3.64. The molecule has 0 saturated carbocycles. The van der Waals surface area contributed by atoms with Gasteiger partial charge in [0.05, 0.1) is 29.3 Å². The Kier molecular flexibility index (Phi) is 11.2. The number of hydrogen-bond acceptors (Lipinski definition) is 7. The predicted octanol–water partition coefficient (Wildman–Crippen LogP) is 7.51. The molecule has 52 heavy (non-hydrogen) atoms. The molecule has 0 unspecified atom stereocenters. The van der Waals surface area contributed by atoms with Crippen LogP contribution in [0.5, 0.6) is 0 Å². The van der Waals surface area contributed by atoms with Gasteiger partial charge in [-0.1, -0.05) is 103 Å². The Bertz CT molecular complexity index is 2050. The van der Waals surface area contributed by atoms with Crippen molar-refractivity contribution in [1.29, 1.82) is 0 Å². The van der Waals surface area contributed by atoms with Gasteiger partial charge in [-0.15, -0.1) is 0 Å². The van der Waals surface area contributed by atoms with Gasteiger partial charge in [-0.25, -0.2) is 13.1 Å². The number of nitrogens with one attached hydrogen (secondary N) is 1. The number of likely N-dealkylation sites (tertiary alicyclic amines) is 1. The van der Waals surface area contributed by atoms with E-state index in [2.05, 4.69) is 15.7 Å². The van der Waals surface area contributed by atoms with Crippen molar-refractivity contribution in [1.82, 2.24) is 9.62 Å². The Morgan fingerprint density at radius 1 is 0.769 bits per heavy atom. The van der Waals surface area contributed by atoms with Gasteiger partial charge in [0.25, 0.3) is 0 Å². The molecule has 0 radical (unpaired) electrons. The molecule has 3 atom stereocenters. The molecule has 0 spiro atoms. The van der Waals surface area contributed by atoms with Crippen LogP contribution in [0, 0.1) is 0 Å². The lowest BCUT2D eigenvalue weighted by Crippen LogP contribution is -2.46. The summed E-state index contributed by atoms with van der Waals surface area (Å²) in [5, 5.41) is 21.7. The Morgan fingerprint density at radius 2 is 1.46 bits per heavy atom. The quantitative estimate of drug-likeness (QED) is 0.129. The molecule has 2 aliphatic rings. The van der Waals surface area contributed by atoms with Crippen molar-refractivity contribution in [2.24, 2.45) is 0 Å². The van der Waals surface area contributed by atoms with Gasteiger partial charge in [-0.2, -0.15) is 0 Å². The van der Waals surface area contributed by atoms with Gasteiger partial charge in [-0.05, 0) is 82.6 Å². The summed E-state index contributed by atoms with van der Waals surface area (Å²) in [6.45, 7) is 2.29. The smallest absolute Gasteiger partial charge is 0.240 e. The first kappa shape index (κ1) is 36.5. The summed E-state index contributed by atoms with van der Waals surface area (Å²) in [6.07, 6.45) is 0.903. The number of sulfonamides is 1.